The number of fused-ring (bicyclic) bond motifs is 1. The number of nitrogens with zero attached hydrogens (tertiary/aromatic N) is 1. The third-order valence-corrected chi connectivity index (χ3v) is 6.56. The van der Waals surface area contributed by atoms with Crippen molar-refractivity contribution < 1.29 is 14.4 Å². The number of carbonyl (C=O) groups excluding carboxylic acids is 3. The average molecular weight is 437 g/mol. The molecule has 0 unspecified atom stereocenters. The Bertz CT molecular complexity index is 1170. The Kier molecular flexibility index (Phi) is 5.38. The fourth-order valence-electron chi connectivity index (χ4n) is 5.00. The van der Waals surface area contributed by atoms with E-state index >= 15 is 0 Å². The monoisotopic (exact) mass is 436 g/mol. The maximum absolute atomic E-state index is 13.6. The van der Waals surface area contributed by atoms with Gasteiger partial charge in [0.15, 0.2) is 0 Å². The molecular weight excluding hydrogens is 412 g/mol. The first kappa shape index (κ1) is 20.9. The predicted molar refractivity (Wildman–Crippen MR) is 125 cm³/mol. The molecule has 2 aliphatic rings. The molecule has 3 aromatic rings. The molecule has 0 saturated carbocycles. The molecule has 1 aliphatic heterocycles. The van der Waals surface area contributed by atoms with E-state index in [1.165, 1.54) is 0 Å². The molecule has 5 rings (SSSR count). The Labute approximate surface area is 192 Å². The summed E-state index contributed by atoms with van der Waals surface area (Å²) in [6, 6.07) is 26.5. The van der Waals surface area contributed by atoms with Crippen LogP contribution in [0.25, 0.3) is 0 Å². The zero-order valence-corrected chi connectivity index (χ0v) is 18.2. The minimum absolute atomic E-state index is 0.242. The summed E-state index contributed by atoms with van der Waals surface area (Å²) in [7, 11) is 0. The molecule has 33 heavy (non-hydrogen) atoms. The van der Waals surface area contributed by atoms with Crippen LogP contribution in [-0.2, 0) is 9.59 Å². The lowest BCUT2D eigenvalue weighted by molar-refractivity contribution is -0.142. The van der Waals surface area contributed by atoms with Gasteiger partial charge in [-0.25, -0.2) is 0 Å². The highest BCUT2D eigenvalue weighted by molar-refractivity contribution is 6.09. The number of benzene rings is 3. The first-order valence-corrected chi connectivity index (χ1v) is 11.1. The Hall–Kier alpha value is -3.99. The van der Waals surface area contributed by atoms with Crippen molar-refractivity contribution in [2.75, 3.05) is 0 Å². The van der Waals surface area contributed by atoms with Crippen molar-refractivity contribution in [2.45, 2.75) is 18.8 Å². The van der Waals surface area contributed by atoms with Gasteiger partial charge < -0.3 is 0 Å². The third-order valence-electron chi connectivity index (χ3n) is 6.56. The maximum atomic E-state index is 13.6. The van der Waals surface area contributed by atoms with Crippen molar-refractivity contribution in [1.82, 2.24) is 10.4 Å². The molecule has 0 bridgehead atoms. The van der Waals surface area contributed by atoms with E-state index in [-0.39, 0.29) is 23.7 Å². The standard InChI is InChI=1S/C28H24N2O3/c1-18-9-8-14-21(17-18)26(31)29-30-27(32)24-22(19-10-4-2-5-11-19)15-16-23(25(24)28(30)33)20-12-6-3-7-13-20/h2-17,22-25H,1H3,(H,29,31)/t22-,23+,24-,25+. The first-order chi connectivity index (χ1) is 16.0. The average Bonchev–Trinajstić information content (AvgIpc) is 3.10. The Morgan fingerprint density at radius 2 is 1.24 bits per heavy atom. The fourth-order valence-corrected chi connectivity index (χ4v) is 5.00. The van der Waals surface area contributed by atoms with E-state index in [1.807, 2.05) is 85.8 Å². The summed E-state index contributed by atoms with van der Waals surface area (Å²) < 4.78 is 0. The van der Waals surface area contributed by atoms with Gasteiger partial charge >= 0.3 is 0 Å². The topological polar surface area (TPSA) is 66.5 Å². The molecule has 3 amide bonds. The van der Waals surface area contributed by atoms with Crippen LogP contribution in [0.15, 0.2) is 97.1 Å². The number of hydrogen-bond acceptors (Lipinski definition) is 3. The number of imide groups is 1. The Morgan fingerprint density at radius 3 is 1.73 bits per heavy atom. The van der Waals surface area contributed by atoms with E-state index in [0.29, 0.717) is 5.56 Å². The summed E-state index contributed by atoms with van der Waals surface area (Å²) >= 11 is 0. The maximum Gasteiger partial charge on any atom is 0.270 e. The molecular formula is C28H24N2O3. The van der Waals surface area contributed by atoms with Gasteiger partial charge in [0.05, 0.1) is 11.8 Å². The van der Waals surface area contributed by atoms with E-state index in [0.717, 1.165) is 21.7 Å². The van der Waals surface area contributed by atoms with Crippen molar-refractivity contribution in [3.05, 3.63) is 119 Å². The fraction of sp³-hybridized carbons (Fsp3) is 0.179. The quantitative estimate of drug-likeness (QED) is 0.488. The zero-order valence-electron chi connectivity index (χ0n) is 18.2. The summed E-state index contributed by atoms with van der Waals surface area (Å²) in [5, 5.41) is 0.943. The number of hydrogen-bond donors (Lipinski definition) is 1. The predicted octanol–water partition coefficient (Wildman–Crippen LogP) is 4.38. The molecule has 1 saturated heterocycles. The van der Waals surface area contributed by atoms with Crippen molar-refractivity contribution in [2.24, 2.45) is 11.8 Å². The molecule has 1 fully saturated rings. The van der Waals surface area contributed by atoms with Crippen LogP contribution in [0.4, 0.5) is 0 Å². The van der Waals surface area contributed by atoms with Crippen molar-refractivity contribution >= 4 is 17.7 Å². The van der Waals surface area contributed by atoms with E-state index in [2.05, 4.69) is 5.43 Å². The number of nitrogens with one attached hydrogen (secondary N) is 1. The molecule has 164 valence electrons. The summed E-state index contributed by atoms with van der Waals surface area (Å²) in [6.07, 6.45) is 4.07. The molecule has 4 atom stereocenters. The van der Waals surface area contributed by atoms with Crippen molar-refractivity contribution in [3.63, 3.8) is 0 Å². The van der Waals surface area contributed by atoms with Crippen molar-refractivity contribution in [3.8, 4) is 0 Å². The normalized spacial score (nSPS) is 24.0. The van der Waals surface area contributed by atoms with E-state index < -0.39 is 17.7 Å². The van der Waals surface area contributed by atoms with Crippen LogP contribution in [0.3, 0.4) is 0 Å². The molecule has 5 nitrogen and oxygen atoms in total. The smallest absolute Gasteiger partial charge is 0.270 e. The molecule has 1 heterocycles. The Morgan fingerprint density at radius 1 is 0.727 bits per heavy atom. The van der Waals surface area contributed by atoms with Crippen LogP contribution >= 0.6 is 0 Å². The van der Waals surface area contributed by atoms with Gasteiger partial charge in [-0.05, 0) is 30.2 Å². The lowest BCUT2D eigenvalue weighted by atomic mass is 9.68. The van der Waals surface area contributed by atoms with Gasteiger partial charge in [-0.3, -0.25) is 19.8 Å². The second-order valence-electron chi connectivity index (χ2n) is 8.63. The van der Waals surface area contributed by atoms with Crippen LogP contribution in [0, 0.1) is 18.8 Å². The van der Waals surface area contributed by atoms with E-state index in [1.54, 1.807) is 18.2 Å². The third kappa shape index (κ3) is 3.76. The van der Waals surface area contributed by atoms with Crippen LogP contribution in [0.5, 0.6) is 0 Å². The van der Waals surface area contributed by atoms with Crippen LogP contribution in [0.1, 0.15) is 38.9 Å². The molecule has 0 spiro atoms. The van der Waals surface area contributed by atoms with Gasteiger partial charge in [0.25, 0.3) is 17.7 Å². The molecule has 5 heteroatoms. The first-order valence-electron chi connectivity index (χ1n) is 11.1. The van der Waals surface area contributed by atoms with Crippen molar-refractivity contribution in [1.29, 1.82) is 0 Å². The highest BCUT2D eigenvalue weighted by Gasteiger charge is 2.55. The van der Waals surface area contributed by atoms with Gasteiger partial charge in [0, 0.05) is 17.4 Å². The molecule has 1 aliphatic carbocycles. The van der Waals surface area contributed by atoms with Gasteiger partial charge in [-0.2, -0.15) is 5.01 Å². The summed E-state index contributed by atoms with van der Waals surface area (Å²) in [4.78, 5) is 40.1. The molecule has 0 radical (unpaired) electrons. The highest BCUT2D eigenvalue weighted by atomic mass is 16.2. The lowest BCUT2D eigenvalue weighted by Gasteiger charge is -2.32. The zero-order chi connectivity index (χ0) is 22.9. The van der Waals surface area contributed by atoms with Gasteiger partial charge in [0.1, 0.15) is 0 Å². The Balaban J connectivity index is 1.52. The number of carbonyl (C=O) groups is 3. The second kappa shape index (κ2) is 8.51. The van der Waals surface area contributed by atoms with E-state index in [4.69, 9.17) is 0 Å². The SMILES string of the molecule is Cc1cccc(C(=O)NN2C(=O)[C@@H]3[C@H](C2=O)[C@@H](c2ccccc2)C=C[C@H]3c2ccccc2)c1. The largest absolute Gasteiger partial charge is 0.272 e. The van der Waals surface area contributed by atoms with Gasteiger partial charge in [-0.1, -0.05) is 90.5 Å². The summed E-state index contributed by atoms with van der Waals surface area (Å²) in [6.45, 7) is 1.89. The number of allylic oxidation sites excluding steroid dienone is 2. The second-order valence-corrected chi connectivity index (χ2v) is 8.63. The number of rotatable bonds is 4. The number of hydrazine groups is 1. The van der Waals surface area contributed by atoms with Gasteiger partial charge in [-0.15, -0.1) is 0 Å². The van der Waals surface area contributed by atoms with E-state index in [9.17, 15) is 14.4 Å². The highest BCUT2D eigenvalue weighted by Crippen LogP contribution is 2.48. The summed E-state index contributed by atoms with van der Waals surface area (Å²) in [5.41, 5.74) is 5.87. The van der Waals surface area contributed by atoms with Crippen LogP contribution in [-0.4, -0.2) is 22.7 Å². The number of aryl methyl sites for hydroxylation is 1. The minimum atomic E-state index is -0.590. The van der Waals surface area contributed by atoms with Crippen LogP contribution in [0.2, 0.25) is 0 Å². The minimum Gasteiger partial charge on any atom is -0.272 e. The molecule has 0 aromatic heterocycles. The van der Waals surface area contributed by atoms with Gasteiger partial charge in [0.2, 0.25) is 0 Å². The lowest BCUT2D eigenvalue weighted by Crippen LogP contribution is -2.46. The molecule has 3 aromatic carbocycles. The molecule has 1 N–H and O–H groups in total. The number of amides is 3. The summed E-state index contributed by atoms with van der Waals surface area (Å²) in [5.74, 6) is -2.88. The van der Waals surface area contributed by atoms with Crippen LogP contribution < -0.4 is 5.43 Å².